The van der Waals surface area contributed by atoms with Crippen LogP contribution in [0.5, 0.6) is 0 Å². The summed E-state index contributed by atoms with van der Waals surface area (Å²) in [6.07, 6.45) is 2.32. The highest BCUT2D eigenvalue weighted by atomic mass is 32.2. The van der Waals surface area contributed by atoms with Crippen LogP contribution in [-0.4, -0.2) is 41.1 Å². The maximum absolute atomic E-state index is 12.5. The van der Waals surface area contributed by atoms with Gasteiger partial charge in [0.05, 0.1) is 22.5 Å². The fraction of sp³-hybridized carbons (Fsp3) is 0.385. The summed E-state index contributed by atoms with van der Waals surface area (Å²) < 4.78 is 23.6. The van der Waals surface area contributed by atoms with Crippen LogP contribution in [0.3, 0.4) is 0 Å². The second kappa shape index (κ2) is 5.49. The predicted molar refractivity (Wildman–Crippen MR) is 91.1 cm³/mol. The van der Waals surface area contributed by atoms with Crippen molar-refractivity contribution in [2.45, 2.75) is 19.4 Å². The van der Waals surface area contributed by atoms with E-state index < -0.39 is 9.84 Å². The van der Waals surface area contributed by atoms with E-state index in [0.717, 1.165) is 10.4 Å². The molecule has 1 aromatic heterocycles. The van der Waals surface area contributed by atoms with Gasteiger partial charge in [-0.1, -0.05) is 24.0 Å². The third kappa shape index (κ3) is 2.94. The van der Waals surface area contributed by atoms with Crippen LogP contribution >= 0.6 is 35.3 Å². The number of hydrogen-bond acceptors (Lipinski definition) is 6. The molecule has 3 rings (SSSR count). The minimum absolute atomic E-state index is 0.0186. The zero-order valence-corrected chi connectivity index (χ0v) is 14.5. The quantitative estimate of drug-likeness (QED) is 0.600. The Balaban J connectivity index is 1.86. The highest BCUT2D eigenvalue weighted by molar-refractivity contribution is 8.26. The van der Waals surface area contributed by atoms with Crippen LogP contribution < -0.4 is 0 Å². The predicted octanol–water partition coefficient (Wildman–Crippen LogP) is 2.44. The molecule has 0 bridgehead atoms. The second-order valence-corrected chi connectivity index (χ2v) is 9.93. The number of aryl methyl sites for hydroxylation is 1. The Kier molecular flexibility index (Phi) is 3.98. The third-order valence-electron chi connectivity index (χ3n) is 3.56. The van der Waals surface area contributed by atoms with Crippen molar-refractivity contribution in [2.24, 2.45) is 0 Å². The summed E-state index contributed by atoms with van der Waals surface area (Å²) in [7, 11) is -3.03. The molecule has 1 amide bonds. The highest BCUT2D eigenvalue weighted by Crippen LogP contribution is 2.37. The number of sulfone groups is 1. The van der Waals surface area contributed by atoms with E-state index in [4.69, 9.17) is 12.2 Å². The van der Waals surface area contributed by atoms with E-state index in [1.807, 2.05) is 24.4 Å². The Bertz CT molecular complexity index is 747. The van der Waals surface area contributed by atoms with E-state index in [9.17, 15) is 13.2 Å². The van der Waals surface area contributed by atoms with Gasteiger partial charge in [-0.25, -0.2) is 8.42 Å². The van der Waals surface area contributed by atoms with Gasteiger partial charge in [-0.15, -0.1) is 11.3 Å². The number of carbonyl (C=O) groups is 1. The van der Waals surface area contributed by atoms with Crippen molar-refractivity contribution in [3.05, 3.63) is 26.8 Å². The Labute approximate surface area is 137 Å². The smallest absolute Gasteiger partial charge is 0.266 e. The lowest BCUT2D eigenvalue weighted by atomic mass is 10.2. The first-order chi connectivity index (χ1) is 9.87. The van der Waals surface area contributed by atoms with Gasteiger partial charge < -0.3 is 0 Å². The van der Waals surface area contributed by atoms with E-state index in [1.54, 1.807) is 11.3 Å². The number of thiophene rings is 1. The summed E-state index contributed by atoms with van der Waals surface area (Å²) in [6, 6.07) is 1.69. The fourth-order valence-corrected chi connectivity index (χ4v) is 6.44. The van der Waals surface area contributed by atoms with Gasteiger partial charge in [-0.05, 0) is 36.4 Å². The van der Waals surface area contributed by atoms with Crippen molar-refractivity contribution in [3.63, 3.8) is 0 Å². The van der Waals surface area contributed by atoms with Crippen molar-refractivity contribution in [2.75, 3.05) is 11.5 Å². The summed E-state index contributed by atoms with van der Waals surface area (Å²) in [4.78, 5) is 15.6. The Hall–Kier alpha value is -0.700. The maximum atomic E-state index is 12.5. The normalized spacial score (nSPS) is 27.0. The summed E-state index contributed by atoms with van der Waals surface area (Å²) in [5.74, 6) is -0.0114. The average molecular weight is 360 g/mol. The standard InChI is InChI=1S/C13H13NO3S4/c1-8-2-4-19-10(8)6-11-12(15)14(13(18)20-11)9-3-5-21(16,17)7-9/h2,4,6,9H,3,5,7H2,1H3/b11-6-/t9-/m0/s1. The van der Waals surface area contributed by atoms with Crippen molar-refractivity contribution >= 4 is 61.5 Å². The van der Waals surface area contributed by atoms with E-state index >= 15 is 0 Å². The molecule has 2 aliphatic heterocycles. The first-order valence-electron chi connectivity index (χ1n) is 6.39. The van der Waals surface area contributed by atoms with Crippen molar-refractivity contribution in [1.82, 2.24) is 4.90 Å². The molecule has 21 heavy (non-hydrogen) atoms. The molecule has 2 fully saturated rings. The molecular weight excluding hydrogens is 346 g/mol. The molecule has 112 valence electrons. The molecule has 0 aromatic carbocycles. The number of nitrogens with zero attached hydrogens (tertiary/aromatic N) is 1. The molecule has 2 saturated heterocycles. The Morgan fingerprint density at radius 1 is 1.48 bits per heavy atom. The molecule has 0 aliphatic carbocycles. The summed E-state index contributed by atoms with van der Waals surface area (Å²) in [6.45, 7) is 1.99. The number of thioether (sulfide) groups is 1. The van der Waals surface area contributed by atoms with Crippen molar-refractivity contribution < 1.29 is 13.2 Å². The van der Waals surface area contributed by atoms with E-state index in [-0.39, 0.29) is 23.5 Å². The molecule has 1 atom stereocenters. The molecule has 0 unspecified atom stereocenters. The van der Waals surface area contributed by atoms with E-state index in [0.29, 0.717) is 15.6 Å². The molecule has 3 heterocycles. The molecule has 2 aliphatic rings. The monoisotopic (exact) mass is 359 g/mol. The van der Waals surface area contributed by atoms with Crippen LogP contribution in [0.1, 0.15) is 16.9 Å². The van der Waals surface area contributed by atoms with Gasteiger partial charge in [-0.2, -0.15) is 0 Å². The molecule has 0 radical (unpaired) electrons. The molecule has 4 nitrogen and oxygen atoms in total. The van der Waals surface area contributed by atoms with Gasteiger partial charge in [-0.3, -0.25) is 9.69 Å². The largest absolute Gasteiger partial charge is 0.289 e. The first-order valence-corrected chi connectivity index (χ1v) is 10.3. The first kappa shape index (κ1) is 15.2. The maximum Gasteiger partial charge on any atom is 0.266 e. The van der Waals surface area contributed by atoms with Crippen molar-refractivity contribution in [3.8, 4) is 0 Å². The Morgan fingerprint density at radius 3 is 2.81 bits per heavy atom. The molecule has 0 N–H and O–H groups in total. The van der Waals surface area contributed by atoms with Crippen LogP contribution in [0.4, 0.5) is 0 Å². The SMILES string of the molecule is Cc1ccsc1/C=C1\SC(=S)N([C@H]2CCS(=O)(=O)C2)C1=O. The average Bonchev–Trinajstić information content (AvgIpc) is 3.02. The van der Waals surface area contributed by atoms with Crippen LogP contribution in [0.15, 0.2) is 16.4 Å². The zero-order chi connectivity index (χ0) is 15.2. The third-order valence-corrected chi connectivity index (χ3v) is 7.61. The summed E-state index contributed by atoms with van der Waals surface area (Å²) in [5.41, 5.74) is 1.12. The number of rotatable bonds is 2. The van der Waals surface area contributed by atoms with Crippen LogP contribution in [0, 0.1) is 6.92 Å². The van der Waals surface area contributed by atoms with Gasteiger partial charge in [0.1, 0.15) is 4.32 Å². The molecule has 8 heteroatoms. The van der Waals surface area contributed by atoms with Crippen LogP contribution in [-0.2, 0) is 14.6 Å². The van der Waals surface area contributed by atoms with Crippen LogP contribution in [0.25, 0.3) is 6.08 Å². The van der Waals surface area contributed by atoms with E-state index in [2.05, 4.69) is 0 Å². The van der Waals surface area contributed by atoms with Gasteiger partial charge in [0.15, 0.2) is 9.84 Å². The minimum Gasteiger partial charge on any atom is -0.289 e. The molecule has 0 spiro atoms. The minimum atomic E-state index is -3.03. The molecular formula is C13H13NO3S4. The van der Waals surface area contributed by atoms with Crippen LogP contribution in [0.2, 0.25) is 0 Å². The van der Waals surface area contributed by atoms with Crippen molar-refractivity contribution in [1.29, 1.82) is 0 Å². The topological polar surface area (TPSA) is 54.5 Å². The number of thiocarbonyl (C=S) groups is 1. The number of carbonyl (C=O) groups excluding carboxylic acids is 1. The van der Waals surface area contributed by atoms with Gasteiger partial charge in [0.2, 0.25) is 0 Å². The molecule has 1 aromatic rings. The van der Waals surface area contributed by atoms with E-state index in [1.165, 1.54) is 16.7 Å². The zero-order valence-electron chi connectivity index (χ0n) is 11.2. The lowest BCUT2D eigenvalue weighted by Gasteiger charge is -2.20. The lowest BCUT2D eigenvalue weighted by molar-refractivity contribution is -0.123. The molecule has 0 saturated carbocycles. The summed E-state index contributed by atoms with van der Waals surface area (Å²) >= 11 is 8.10. The Morgan fingerprint density at radius 2 is 2.24 bits per heavy atom. The highest BCUT2D eigenvalue weighted by Gasteiger charge is 2.42. The summed E-state index contributed by atoms with van der Waals surface area (Å²) in [5, 5.41) is 1.98. The van der Waals surface area contributed by atoms with Gasteiger partial charge in [0.25, 0.3) is 5.91 Å². The fourth-order valence-electron chi connectivity index (χ4n) is 2.43. The van der Waals surface area contributed by atoms with Gasteiger partial charge >= 0.3 is 0 Å². The lowest BCUT2D eigenvalue weighted by Crippen LogP contribution is -2.39. The number of hydrogen-bond donors (Lipinski definition) is 0. The van der Waals surface area contributed by atoms with Gasteiger partial charge in [0, 0.05) is 4.88 Å². The number of amides is 1. The second-order valence-electron chi connectivity index (χ2n) is 5.08.